The summed E-state index contributed by atoms with van der Waals surface area (Å²) in [5, 5.41) is 9.69. The molecular formula is C24H19Cl2N5O6S. The van der Waals surface area contributed by atoms with E-state index in [0.29, 0.717) is 0 Å². The lowest BCUT2D eigenvalue weighted by Crippen LogP contribution is -2.33. The fourth-order valence-electron chi connectivity index (χ4n) is 3.38. The van der Waals surface area contributed by atoms with Crippen molar-refractivity contribution < 1.29 is 27.5 Å². The molecule has 2 amide bonds. The number of amides is 2. The molecule has 196 valence electrons. The molecule has 11 nitrogen and oxygen atoms in total. The highest BCUT2D eigenvalue weighted by Gasteiger charge is 2.40. The van der Waals surface area contributed by atoms with E-state index >= 15 is 0 Å². The molecule has 38 heavy (non-hydrogen) atoms. The maximum Gasteiger partial charge on any atom is 0.340 e. The largest absolute Gasteiger partial charge is 0.459 e. The number of hydrogen-bond acceptors (Lipinski definition) is 9. The predicted molar refractivity (Wildman–Crippen MR) is 140 cm³/mol. The first-order chi connectivity index (χ1) is 18.0. The molecule has 1 aromatic heterocycles. The van der Waals surface area contributed by atoms with Crippen LogP contribution in [0.4, 0.5) is 17.2 Å². The van der Waals surface area contributed by atoms with Crippen LogP contribution in [0.2, 0.25) is 5.15 Å². The monoisotopic (exact) mass is 575 g/mol. The smallest absolute Gasteiger partial charge is 0.340 e. The molecule has 0 radical (unpaired) electrons. The fourth-order valence-corrected chi connectivity index (χ4v) is 4.69. The lowest BCUT2D eigenvalue weighted by Gasteiger charge is -2.19. The van der Waals surface area contributed by atoms with Gasteiger partial charge in [0.05, 0.1) is 22.3 Å². The number of anilines is 3. The standard InChI is InChI=1S/C24H19Cl2N5O6S/c1-13(2)37-24(34)16-5-3-4-6-17(16)31-22(32)20(26)21(23(31)33)27-14-7-9-15(10-8-14)38(35,36)30-19-12-11-18(25)28-29-19/h3-13,27H,1-2H3,(H,29,30). The molecule has 2 aromatic carbocycles. The Morgan fingerprint density at radius 2 is 1.63 bits per heavy atom. The molecule has 2 heterocycles. The molecule has 0 fully saturated rings. The van der Waals surface area contributed by atoms with Gasteiger partial charge in [-0.05, 0) is 62.4 Å². The van der Waals surface area contributed by atoms with Crippen LogP contribution in [0.3, 0.4) is 0 Å². The van der Waals surface area contributed by atoms with Gasteiger partial charge < -0.3 is 10.1 Å². The van der Waals surface area contributed by atoms with Gasteiger partial charge in [0.1, 0.15) is 10.7 Å². The zero-order valence-electron chi connectivity index (χ0n) is 19.8. The molecule has 0 aliphatic carbocycles. The van der Waals surface area contributed by atoms with Gasteiger partial charge in [0.15, 0.2) is 11.0 Å². The minimum absolute atomic E-state index is 0.0147. The van der Waals surface area contributed by atoms with Crippen LogP contribution in [-0.2, 0) is 24.3 Å². The molecule has 0 saturated carbocycles. The van der Waals surface area contributed by atoms with E-state index in [1.807, 2.05) is 0 Å². The number of hydrogen-bond donors (Lipinski definition) is 2. The minimum Gasteiger partial charge on any atom is -0.459 e. The molecule has 14 heteroatoms. The first kappa shape index (κ1) is 27.0. The third-order valence-corrected chi connectivity index (χ3v) is 6.96. The second kappa shape index (κ2) is 10.8. The molecule has 1 aliphatic rings. The molecule has 0 unspecified atom stereocenters. The highest BCUT2D eigenvalue weighted by molar-refractivity contribution is 7.92. The number of nitrogens with one attached hydrogen (secondary N) is 2. The van der Waals surface area contributed by atoms with Crippen molar-refractivity contribution in [3.8, 4) is 0 Å². The van der Waals surface area contributed by atoms with Crippen LogP contribution in [0, 0.1) is 0 Å². The Morgan fingerprint density at radius 1 is 0.947 bits per heavy atom. The summed E-state index contributed by atoms with van der Waals surface area (Å²) >= 11 is 11.9. The molecule has 2 N–H and O–H groups in total. The lowest BCUT2D eigenvalue weighted by atomic mass is 10.1. The number of aromatic nitrogens is 2. The highest BCUT2D eigenvalue weighted by Crippen LogP contribution is 2.33. The van der Waals surface area contributed by atoms with E-state index in [1.54, 1.807) is 26.0 Å². The SMILES string of the molecule is CC(C)OC(=O)c1ccccc1N1C(=O)C(Cl)=C(Nc2ccc(S(=O)(=O)Nc3ccc(Cl)nn3)cc2)C1=O. The average Bonchev–Trinajstić information content (AvgIpc) is 3.08. The Hall–Kier alpha value is -4.00. The second-order valence-electron chi connectivity index (χ2n) is 8.10. The zero-order chi connectivity index (χ0) is 27.6. The van der Waals surface area contributed by atoms with E-state index < -0.39 is 38.9 Å². The van der Waals surface area contributed by atoms with E-state index in [4.69, 9.17) is 27.9 Å². The third kappa shape index (κ3) is 5.62. The Morgan fingerprint density at radius 3 is 2.26 bits per heavy atom. The van der Waals surface area contributed by atoms with Crippen LogP contribution in [0.15, 0.2) is 76.3 Å². The molecule has 0 bridgehead atoms. The molecule has 0 atom stereocenters. The number of rotatable bonds is 8. The van der Waals surface area contributed by atoms with E-state index in [9.17, 15) is 22.8 Å². The van der Waals surface area contributed by atoms with Gasteiger partial charge in [-0.15, -0.1) is 10.2 Å². The van der Waals surface area contributed by atoms with Gasteiger partial charge >= 0.3 is 5.97 Å². The second-order valence-corrected chi connectivity index (χ2v) is 10.5. The maximum atomic E-state index is 13.2. The van der Waals surface area contributed by atoms with Crippen LogP contribution in [0.1, 0.15) is 24.2 Å². The quantitative estimate of drug-likeness (QED) is 0.301. The molecule has 3 aromatic rings. The van der Waals surface area contributed by atoms with Gasteiger partial charge in [-0.25, -0.2) is 18.1 Å². The molecule has 0 spiro atoms. The summed E-state index contributed by atoms with van der Waals surface area (Å²) in [6.07, 6.45) is -0.416. The summed E-state index contributed by atoms with van der Waals surface area (Å²) in [5.41, 5.74) is 0.0646. The van der Waals surface area contributed by atoms with Gasteiger partial charge in [0.25, 0.3) is 21.8 Å². The van der Waals surface area contributed by atoms with Gasteiger partial charge in [-0.1, -0.05) is 35.3 Å². The maximum absolute atomic E-state index is 13.2. The van der Waals surface area contributed by atoms with E-state index in [-0.39, 0.29) is 38.5 Å². The summed E-state index contributed by atoms with van der Waals surface area (Å²) in [5.74, 6) is -2.37. The zero-order valence-corrected chi connectivity index (χ0v) is 22.1. The number of para-hydroxylation sites is 1. The third-order valence-electron chi connectivity index (χ3n) is 5.04. The number of esters is 1. The Kier molecular flexibility index (Phi) is 7.67. The summed E-state index contributed by atoms with van der Waals surface area (Å²) in [7, 11) is -4.00. The number of ether oxygens (including phenoxy) is 1. The van der Waals surface area contributed by atoms with Crippen LogP contribution in [0.5, 0.6) is 0 Å². The van der Waals surface area contributed by atoms with Gasteiger partial charge in [0, 0.05) is 5.69 Å². The number of imide groups is 1. The Bertz CT molecular complexity index is 1560. The van der Waals surface area contributed by atoms with Crippen molar-refractivity contribution in [2.75, 3.05) is 14.9 Å². The number of nitrogens with zero attached hydrogens (tertiary/aromatic N) is 3. The van der Waals surface area contributed by atoms with Gasteiger partial charge in [0.2, 0.25) is 0 Å². The van der Waals surface area contributed by atoms with E-state index in [1.165, 1.54) is 48.5 Å². The molecule has 0 saturated heterocycles. The minimum atomic E-state index is -4.00. The van der Waals surface area contributed by atoms with Gasteiger partial charge in [-0.3, -0.25) is 14.3 Å². The van der Waals surface area contributed by atoms with E-state index in [2.05, 4.69) is 20.2 Å². The van der Waals surface area contributed by atoms with Crippen molar-refractivity contribution in [3.63, 3.8) is 0 Å². The topological polar surface area (TPSA) is 148 Å². The molecule has 4 rings (SSSR count). The van der Waals surface area contributed by atoms with E-state index in [0.717, 1.165) is 4.90 Å². The summed E-state index contributed by atoms with van der Waals surface area (Å²) in [4.78, 5) is 39.3. The van der Waals surface area contributed by atoms with Crippen molar-refractivity contribution in [1.29, 1.82) is 0 Å². The van der Waals surface area contributed by atoms with Crippen molar-refractivity contribution in [2.45, 2.75) is 24.8 Å². The van der Waals surface area contributed by atoms with Crippen molar-refractivity contribution in [2.24, 2.45) is 0 Å². The van der Waals surface area contributed by atoms with Crippen LogP contribution in [0.25, 0.3) is 0 Å². The van der Waals surface area contributed by atoms with Crippen LogP contribution < -0.4 is 14.9 Å². The van der Waals surface area contributed by atoms with Crippen molar-refractivity contribution in [1.82, 2.24) is 10.2 Å². The predicted octanol–water partition coefficient (Wildman–Crippen LogP) is 3.93. The number of benzene rings is 2. The first-order valence-corrected chi connectivity index (χ1v) is 13.2. The summed E-state index contributed by atoms with van der Waals surface area (Å²) in [6, 6.07) is 14.0. The number of carbonyl (C=O) groups excluding carboxylic acids is 3. The van der Waals surface area contributed by atoms with Crippen molar-refractivity contribution in [3.05, 3.63) is 82.1 Å². The fraction of sp³-hybridized carbons (Fsp3) is 0.125. The first-order valence-electron chi connectivity index (χ1n) is 11.0. The summed E-state index contributed by atoms with van der Waals surface area (Å²) < 4.78 is 32.8. The summed E-state index contributed by atoms with van der Waals surface area (Å²) in [6.45, 7) is 3.34. The normalized spacial score (nSPS) is 13.8. The van der Waals surface area contributed by atoms with Crippen LogP contribution in [-0.4, -0.2) is 42.5 Å². The van der Waals surface area contributed by atoms with Crippen molar-refractivity contribution >= 4 is 68.2 Å². The molecule has 1 aliphatic heterocycles. The number of halogens is 2. The number of sulfonamides is 1. The Balaban J connectivity index is 1.54. The number of carbonyl (C=O) groups is 3. The Labute approximate surface area is 227 Å². The molecular weight excluding hydrogens is 557 g/mol. The van der Waals surface area contributed by atoms with Gasteiger partial charge in [-0.2, -0.15) is 0 Å². The highest BCUT2D eigenvalue weighted by atomic mass is 35.5. The van der Waals surface area contributed by atoms with Crippen LogP contribution >= 0.6 is 23.2 Å². The lowest BCUT2D eigenvalue weighted by molar-refractivity contribution is -0.120. The average molecular weight is 576 g/mol.